The van der Waals surface area contributed by atoms with Gasteiger partial charge >= 0.3 is 0 Å². The summed E-state index contributed by atoms with van der Waals surface area (Å²) in [6.07, 6.45) is 0.489. The Balaban J connectivity index is 1.73. The van der Waals surface area contributed by atoms with E-state index in [-0.39, 0.29) is 11.8 Å². The van der Waals surface area contributed by atoms with Crippen molar-refractivity contribution >= 4 is 28.9 Å². The van der Waals surface area contributed by atoms with Crippen LogP contribution in [0.15, 0.2) is 36.4 Å². The van der Waals surface area contributed by atoms with Gasteiger partial charge in [-0.1, -0.05) is 6.07 Å². The van der Waals surface area contributed by atoms with Gasteiger partial charge in [0.1, 0.15) is 11.7 Å². The molecule has 1 unspecified atom stereocenters. The second kappa shape index (κ2) is 7.07. The number of hydrogen-bond donors (Lipinski definition) is 2. The number of rotatable bonds is 4. The van der Waals surface area contributed by atoms with Crippen molar-refractivity contribution in [3.8, 4) is 5.75 Å². The minimum atomic E-state index is -0.695. The third kappa shape index (κ3) is 3.49. The lowest BCUT2D eigenvalue weighted by Gasteiger charge is -2.18. The fourth-order valence-electron chi connectivity index (χ4n) is 3.33. The highest BCUT2D eigenvalue weighted by Gasteiger charge is 2.37. The van der Waals surface area contributed by atoms with Gasteiger partial charge < -0.3 is 20.7 Å². The molecule has 0 spiro atoms. The predicted octanol–water partition coefficient (Wildman–Crippen LogP) is 2.89. The van der Waals surface area contributed by atoms with Crippen LogP contribution in [0.3, 0.4) is 0 Å². The van der Waals surface area contributed by atoms with Crippen molar-refractivity contribution in [3.05, 3.63) is 47.5 Å². The van der Waals surface area contributed by atoms with Gasteiger partial charge in [-0.2, -0.15) is 0 Å². The number of nitrogens with one attached hydrogen (secondary N) is 1. The number of aryl methyl sites for hydroxylation is 2. The quantitative estimate of drug-likeness (QED) is 0.654. The Bertz CT molecular complexity index is 843. The van der Waals surface area contributed by atoms with Gasteiger partial charge in [0.15, 0.2) is 0 Å². The predicted molar refractivity (Wildman–Crippen MR) is 102 cm³/mol. The molecule has 1 fully saturated rings. The number of benzene rings is 2. The first-order valence-corrected chi connectivity index (χ1v) is 8.53. The van der Waals surface area contributed by atoms with E-state index in [1.54, 1.807) is 23.1 Å². The van der Waals surface area contributed by atoms with E-state index in [1.165, 1.54) is 7.11 Å². The van der Waals surface area contributed by atoms with Gasteiger partial charge in [-0.15, -0.1) is 0 Å². The molecule has 1 aliphatic rings. The van der Waals surface area contributed by atoms with Crippen LogP contribution in [0.25, 0.3) is 0 Å². The van der Waals surface area contributed by atoms with Crippen LogP contribution in [0.5, 0.6) is 5.75 Å². The van der Waals surface area contributed by atoms with Crippen molar-refractivity contribution in [2.75, 3.05) is 29.6 Å². The van der Waals surface area contributed by atoms with Crippen LogP contribution in [0, 0.1) is 19.8 Å². The lowest BCUT2D eigenvalue weighted by molar-refractivity contribution is -0.129. The number of nitrogen functional groups attached to an aromatic ring is 1. The van der Waals surface area contributed by atoms with Crippen molar-refractivity contribution in [2.24, 2.45) is 5.92 Å². The molecule has 2 aromatic carbocycles. The molecule has 6 heteroatoms. The summed E-state index contributed by atoms with van der Waals surface area (Å²) >= 11 is 0. The molecule has 6 nitrogen and oxygen atoms in total. The summed E-state index contributed by atoms with van der Waals surface area (Å²) in [6.45, 7) is 4.52. The van der Waals surface area contributed by atoms with Crippen LogP contribution in [-0.4, -0.2) is 25.5 Å². The Kier molecular flexibility index (Phi) is 4.84. The van der Waals surface area contributed by atoms with E-state index in [0.717, 1.165) is 16.8 Å². The molecule has 1 atom stereocenters. The van der Waals surface area contributed by atoms with Gasteiger partial charge in [0.25, 0.3) is 0 Å². The molecule has 0 aromatic heterocycles. The van der Waals surface area contributed by atoms with Gasteiger partial charge in [0.2, 0.25) is 11.8 Å². The van der Waals surface area contributed by atoms with Crippen molar-refractivity contribution < 1.29 is 14.3 Å². The molecule has 2 amide bonds. The summed E-state index contributed by atoms with van der Waals surface area (Å²) in [5, 5.41) is 2.78. The van der Waals surface area contributed by atoms with Crippen molar-refractivity contribution in [1.29, 1.82) is 0 Å². The summed E-state index contributed by atoms with van der Waals surface area (Å²) in [4.78, 5) is 27.0. The molecule has 0 bridgehead atoms. The van der Waals surface area contributed by atoms with Crippen molar-refractivity contribution in [2.45, 2.75) is 20.3 Å². The number of carbonyl (C=O) groups is 2. The SMILES string of the molecule is COc1ccc(NC(=O)C2CCN(c3cc(C)cc(C)c3)C2=O)cc1N. The number of amides is 2. The highest BCUT2D eigenvalue weighted by Crippen LogP contribution is 2.29. The van der Waals surface area contributed by atoms with Gasteiger partial charge in [-0.05, 0) is 61.7 Å². The summed E-state index contributed by atoms with van der Waals surface area (Å²) in [7, 11) is 1.53. The zero-order valence-corrected chi connectivity index (χ0v) is 15.2. The van der Waals surface area contributed by atoms with E-state index < -0.39 is 5.92 Å². The van der Waals surface area contributed by atoms with Crippen molar-refractivity contribution in [1.82, 2.24) is 0 Å². The lowest BCUT2D eigenvalue weighted by Crippen LogP contribution is -2.33. The van der Waals surface area contributed by atoms with Crippen LogP contribution < -0.4 is 20.7 Å². The Morgan fingerprint density at radius 1 is 1.19 bits per heavy atom. The van der Waals surface area contributed by atoms with E-state index in [0.29, 0.717) is 30.1 Å². The zero-order chi connectivity index (χ0) is 18.8. The smallest absolute Gasteiger partial charge is 0.239 e. The molecule has 0 radical (unpaired) electrons. The molecule has 1 heterocycles. The van der Waals surface area contributed by atoms with E-state index in [9.17, 15) is 9.59 Å². The Labute approximate surface area is 152 Å². The topological polar surface area (TPSA) is 84.7 Å². The maximum atomic E-state index is 12.7. The van der Waals surface area contributed by atoms with E-state index in [2.05, 4.69) is 11.4 Å². The molecular weight excluding hydrogens is 330 g/mol. The molecule has 136 valence electrons. The largest absolute Gasteiger partial charge is 0.495 e. The first-order chi connectivity index (χ1) is 12.4. The van der Waals surface area contributed by atoms with Gasteiger partial charge in [0.05, 0.1) is 12.8 Å². The molecule has 3 N–H and O–H groups in total. The fourth-order valence-corrected chi connectivity index (χ4v) is 3.33. The third-order valence-corrected chi connectivity index (χ3v) is 4.54. The highest BCUT2D eigenvalue weighted by molar-refractivity contribution is 6.13. The van der Waals surface area contributed by atoms with Gasteiger partial charge in [-0.25, -0.2) is 0 Å². The molecule has 3 rings (SSSR count). The minimum absolute atomic E-state index is 0.172. The second-order valence-electron chi connectivity index (χ2n) is 6.62. The molecular formula is C20H23N3O3. The summed E-state index contributed by atoms with van der Waals surface area (Å²) in [5.41, 5.74) is 9.87. The first-order valence-electron chi connectivity index (χ1n) is 8.53. The maximum Gasteiger partial charge on any atom is 0.239 e. The second-order valence-corrected chi connectivity index (χ2v) is 6.62. The number of hydrogen-bond acceptors (Lipinski definition) is 4. The van der Waals surface area contributed by atoms with Crippen LogP contribution in [0.4, 0.5) is 17.1 Å². The molecule has 26 heavy (non-hydrogen) atoms. The van der Waals surface area contributed by atoms with Crippen molar-refractivity contribution in [3.63, 3.8) is 0 Å². The standard InChI is InChI=1S/C20H23N3O3/c1-12-8-13(2)10-15(9-12)23-7-6-16(20(23)25)19(24)22-14-4-5-18(26-3)17(21)11-14/h4-5,8-11,16H,6-7,21H2,1-3H3,(H,22,24). The molecule has 1 aliphatic heterocycles. The van der Waals surface area contributed by atoms with E-state index >= 15 is 0 Å². The highest BCUT2D eigenvalue weighted by atomic mass is 16.5. The Morgan fingerprint density at radius 3 is 2.50 bits per heavy atom. The van der Waals surface area contributed by atoms with Crippen LogP contribution in [-0.2, 0) is 9.59 Å². The van der Waals surface area contributed by atoms with Crippen LogP contribution in [0.1, 0.15) is 17.5 Å². The van der Waals surface area contributed by atoms with E-state index in [1.807, 2.05) is 26.0 Å². The average Bonchev–Trinajstić information content (AvgIpc) is 2.96. The van der Waals surface area contributed by atoms with Gasteiger partial charge in [-0.3, -0.25) is 9.59 Å². The molecule has 1 saturated heterocycles. The molecule has 0 aliphatic carbocycles. The number of methoxy groups -OCH3 is 1. The number of nitrogens with zero attached hydrogens (tertiary/aromatic N) is 1. The summed E-state index contributed by atoms with van der Waals surface area (Å²) in [6, 6.07) is 11.0. The maximum absolute atomic E-state index is 12.7. The van der Waals surface area contributed by atoms with Gasteiger partial charge in [0, 0.05) is 17.9 Å². The Hall–Kier alpha value is -3.02. The average molecular weight is 353 g/mol. The zero-order valence-electron chi connectivity index (χ0n) is 15.2. The van der Waals surface area contributed by atoms with E-state index in [4.69, 9.17) is 10.5 Å². The number of nitrogens with two attached hydrogens (primary N) is 1. The summed E-state index contributed by atoms with van der Waals surface area (Å²) < 4.78 is 5.11. The number of ether oxygens (including phenoxy) is 1. The van der Waals surface area contributed by atoms with Crippen LogP contribution >= 0.6 is 0 Å². The lowest BCUT2D eigenvalue weighted by atomic mass is 10.1. The number of anilines is 3. The Morgan fingerprint density at radius 2 is 1.88 bits per heavy atom. The molecule has 0 saturated carbocycles. The first kappa shape index (κ1) is 17.8. The normalized spacial score (nSPS) is 16.7. The summed E-state index contributed by atoms with van der Waals surface area (Å²) in [5.74, 6) is -0.638. The molecule has 2 aromatic rings. The fraction of sp³-hybridized carbons (Fsp3) is 0.300. The number of carbonyl (C=O) groups excluding carboxylic acids is 2. The minimum Gasteiger partial charge on any atom is -0.495 e. The van der Waals surface area contributed by atoms with Crippen LogP contribution in [0.2, 0.25) is 0 Å². The third-order valence-electron chi connectivity index (χ3n) is 4.54. The monoisotopic (exact) mass is 353 g/mol.